The Bertz CT molecular complexity index is 1730. The molecule has 1 N–H and O–H groups in total. The standard InChI is InChI=1S/C37H40ClN3O4S/c1-28-14-13-17-30(24-28)26-40(35(25-29-15-5-2-6-16-29)37(43)39-31-18-7-3-8-19-31)36(42)27-41(34-23-12-11-22-33(34)38)46(44,45)32-20-9-4-10-21-32/h2,4-6,9-17,20-24,31,35H,3,7-8,18-19,25-27H2,1H3,(H,39,43). The van der Waals surface area contributed by atoms with Gasteiger partial charge in [0.15, 0.2) is 0 Å². The van der Waals surface area contributed by atoms with Gasteiger partial charge in [-0.15, -0.1) is 0 Å². The summed E-state index contributed by atoms with van der Waals surface area (Å²) in [6.45, 7) is 1.55. The Morgan fingerprint density at radius 2 is 1.46 bits per heavy atom. The Balaban J connectivity index is 1.56. The van der Waals surface area contributed by atoms with Gasteiger partial charge in [-0.2, -0.15) is 0 Å². The Labute approximate surface area is 277 Å². The van der Waals surface area contributed by atoms with E-state index in [0.717, 1.165) is 53.1 Å². The molecule has 5 rings (SSSR count). The largest absolute Gasteiger partial charge is 0.352 e. The predicted molar refractivity (Wildman–Crippen MR) is 183 cm³/mol. The molecule has 1 atom stereocenters. The third kappa shape index (κ3) is 8.36. The van der Waals surface area contributed by atoms with Crippen LogP contribution in [0.25, 0.3) is 0 Å². The maximum Gasteiger partial charge on any atom is 0.264 e. The summed E-state index contributed by atoms with van der Waals surface area (Å²) in [5, 5.41) is 3.43. The van der Waals surface area contributed by atoms with Crippen molar-refractivity contribution in [3.63, 3.8) is 0 Å². The molecule has 0 aliphatic heterocycles. The minimum Gasteiger partial charge on any atom is -0.352 e. The van der Waals surface area contributed by atoms with Crippen LogP contribution in [0, 0.1) is 6.92 Å². The van der Waals surface area contributed by atoms with Gasteiger partial charge in [0.1, 0.15) is 12.6 Å². The molecule has 4 aromatic rings. The number of halogens is 1. The number of hydrogen-bond donors (Lipinski definition) is 1. The number of carbonyl (C=O) groups is 2. The summed E-state index contributed by atoms with van der Waals surface area (Å²) in [5.74, 6) is -0.757. The summed E-state index contributed by atoms with van der Waals surface area (Å²) in [4.78, 5) is 30.4. The Morgan fingerprint density at radius 3 is 2.13 bits per heavy atom. The molecule has 1 unspecified atom stereocenters. The van der Waals surface area contributed by atoms with Crippen LogP contribution >= 0.6 is 11.6 Å². The molecule has 0 spiro atoms. The van der Waals surface area contributed by atoms with Gasteiger partial charge < -0.3 is 10.2 Å². The van der Waals surface area contributed by atoms with Crippen molar-refractivity contribution in [3.05, 3.63) is 131 Å². The van der Waals surface area contributed by atoms with Gasteiger partial charge in [-0.1, -0.05) is 121 Å². The van der Waals surface area contributed by atoms with Gasteiger partial charge in [-0.05, 0) is 55.2 Å². The van der Waals surface area contributed by atoms with Crippen molar-refractivity contribution in [1.29, 1.82) is 0 Å². The lowest BCUT2D eigenvalue weighted by molar-refractivity contribution is -0.140. The Hall–Kier alpha value is -4.14. The summed E-state index contributed by atoms with van der Waals surface area (Å²) in [5.41, 5.74) is 2.93. The fraction of sp³-hybridized carbons (Fsp3) is 0.297. The van der Waals surface area contributed by atoms with Gasteiger partial charge in [0.05, 0.1) is 15.6 Å². The number of aryl methyl sites for hydroxylation is 1. The topological polar surface area (TPSA) is 86.8 Å². The third-order valence-electron chi connectivity index (χ3n) is 8.39. The SMILES string of the molecule is Cc1cccc(CN(C(=O)CN(c2ccccc2Cl)S(=O)(=O)c2ccccc2)C(Cc2ccccc2)C(=O)NC2CCCCC2)c1. The molecule has 0 heterocycles. The smallest absolute Gasteiger partial charge is 0.264 e. The molecule has 0 bridgehead atoms. The molecule has 0 aromatic heterocycles. The highest BCUT2D eigenvalue weighted by molar-refractivity contribution is 7.92. The quantitative estimate of drug-likeness (QED) is 0.179. The third-order valence-corrected chi connectivity index (χ3v) is 10.5. The number of sulfonamides is 1. The van der Waals surface area contributed by atoms with Crippen molar-refractivity contribution in [1.82, 2.24) is 10.2 Å². The summed E-state index contributed by atoms with van der Waals surface area (Å²) < 4.78 is 29.3. The van der Waals surface area contributed by atoms with Crippen molar-refractivity contribution in [2.45, 2.75) is 69.0 Å². The summed E-state index contributed by atoms with van der Waals surface area (Å²) in [7, 11) is -4.21. The Morgan fingerprint density at radius 1 is 0.826 bits per heavy atom. The molecular weight excluding hydrogens is 618 g/mol. The van der Waals surface area contributed by atoms with Gasteiger partial charge in [0, 0.05) is 19.0 Å². The van der Waals surface area contributed by atoms with Crippen LogP contribution in [0.5, 0.6) is 0 Å². The van der Waals surface area contributed by atoms with Crippen LogP contribution in [-0.2, 0) is 32.6 Å². The number of benzene rings is 4. The normalized spacial score (nSPS) is 14.3. The van der Waals surface area contributed by atoms with Crippen LogP contribution in [0.2, 0.25) is 5.02 Å². The number of rotatable bonds is 12. The lowest BCUT2D eigenvalue weighted by atomic mass is 9.94. The number of anilines is 1. The average Bonchev–Trinajstić information content (AvgIpc) is 3.07. The molecule has 0 saturated heterocycles. The molecule has 240 valence electrons. The van der Waals surface area contributed by atoms with Gasteiger partial charge in [-0.3, -0.25) is 13.9 Å². The Kier molecular flexibility index (Phi) is 11.1. The zero-order valence-electron chi connectivity index (χ0n) is 26.0. The monoisotopic (exact) mass is 657 g/mol. The van der Waals surface area contributed by atoms with E-state index in [1.54, 1.807) is 42.5 Å². The second-order valence-electron chi connectivity index (χ2n) is 11.8. The van der Waals surface area contributed by atoms with E-state index in [0.29, 0.717) is 0 Å². The van der Waals surface area contributed by atoms with Gasteiger partial charge >= 0.3 is 0 Å². The molecule has 1 fully saturated rings. The first kappa shape index (κ1) is 33.2. The van der Waals surface area contributed by atoms with Crippen LogP contribution in [0.15, 0.2) is 114 Å². The lowest BCUT2D eigenvalue weighted by Gasteiger charge is -2.35. The van der Waals surface area contributed by atoms with Crippen molar-refractivity contribution < 1.29 is 18.0 Å². The van der Waals surface area contributed by atoms with Crippen molar-refractivity contribution >= 4 is 39.1 Å². The number of nitrogens with zero attached hydrogens (tertiary/aromatic N) is 2. The average molecular weight is 658 g/mol. The van der Waals surface area contributed by atoms with E-state index in [4.69, 9.17) is 11.6 Å². The van der Waals surface area contributed by atoms with Crippen molar-refractivity contribution in [2.24, 2.45) is 0 Å². The maximum absolute atomic E-state index is 14.6. The van der Waals surface area contributed by atoms with Crippen LogP contribution < -0.4 is 9.62 Å². The van der Waals surface area contributed by atoms with E-state index in [2.05, 4.69) is 5.32 Å². The summed E-state index contributed by atoms with van der Waals surface area (Å²) >= 11 is 6.56. The highest BCUT2D eigenvalue weighted by atomic mass is 35.5. The number of amides is 2. The minimum atomic E-state index is -4.21. The molecule has 0 radical (unpaired) electrons. The lowest BCUT2D eigenvalue weighted by Crippen LogP contribution is -2.55. The van der Waals surface area contributed by atoms with E-state index in [1.807, 2.05) is 61.5 Å². The fourth-order valence-electron chi connectivity index (χ4n) is 5.99. The van der Waals surface area contributed by atoms with Crippen LogP contribution in [0.4, 0.5) is 5.69 Å². The number of carbonyl (C=O) groups excluding carboxylic acids is 2. The molecular formula is C37H40ClN3O4S. The first-order valence-electron chi connectivity index (χ1n) is 15.7. The minimum absolute atomic E-state index is 0.0313. The number of hydrogen-bond acceptors (Lipinski definition) is 4. The highest BCUT2D eigenvalue weighted by Gasteiger charge is 2.36. The molecule has 4 aromatic carbocycles. The van der Waals surface area contributed by atoms with Gasteiger partial charge in [0.2, 0.25) is 11.8 Å². The van der Waals surface area contributed by atoms with E-state index in [9.17, 15) is 18.0 Å². The summed E-state index contributed by atoms with van der Waals surface area (Å²) in [6, 6.07) is 31.1. The second-order valence-corrected chi connectivity index (χ2v) is 14.1. The molecule has 46 heavy (non-hydrogen) atoms. The number of nitrogens with one attached hydrogen (secondary N) is 1. The van der Waals surface area contributed by atoms with E-state index in [-0.39, 0.29) is 40.5 Å². The molecule has 1 aliphatic rings. The first-order chi connectivity index (χ1) is 22.2. The van der Waals surface area contributed by atoms with E-state index >= 15 is 0 Å². The van der Waals surface area contributed by atoms with Gasteiger partial charge in [-0.25, -0.2) is 8.42 Å². The van der Waals surface area contributed by atoms with Crippen molar-refractivity contribution in [2.75, 3.05) is 10.8 Å². The van der Waals surface area contributed by atoms with E-state index in [1.165, 1.54) is 17.0 Å². The molecule has 9 heteroatoms. The molecule has 2 amide bonds. The van der Waals surface area contributed by atoms with Crippen LogP contribution in [0.3, 0.4) is 0 Å². The van der Waals surface area contributed by atoms with Crippen LogP contribution in [-0.4, -0.2) is 43.8 Å². The molecule has 1 saturated carbocycles. The number of para-hydroxylation sites is 1. The second kappa shape index (κ2) is 15.4. The zero-order chi connectivity index (χ0) is 32.5. The molecule has 1 aliphatic carbocycles. The zero-order valence-corrected chi connectivity index (χ0v) is 27.6. The highest BCUT2D eigenvalue weighted by Crippen LogP contribution is 2.31. The fourth-order valence-corrected chi connectivity index (χ4v) is 7.73. The van der Waals surface area contributed by atoms with E-state index < -0.39 is 28.5 Å². The predicted octanol–water partition coefficient (Wildman–Crippen LogP) is 6.93. The first-order valence-corrected chi connectivity index (χ1v) is 17.6. The van der Waals surface area contributed by atoms with Crippen LogP contribution in [0.1, 0.15) is 48.8 Å². The van der Waals surface area contributed by atoms with Crippen molar-refractivity contribution in [3.8, 4) is 0 Å². The maximum atomic E-state index is 14.6. The molecule has 7 nitrogen and oxygen atoms in total. The van der Waals surface area contributed by atoms with Gasteiger partial charge in [0.25, 0.3) is 10.0 Å². The summed E-state index contributed by atoms with van der Waals surface area (Å²) in [6.07, 6.45) is 5.30.